The van der Waals surface area contributed by atoms with Gasteiger partial charge >= 0.3 is 0 Å². The molecule has 120 valence electrons. The van der Waals surface area contributed by atoms with Crippen molar-refractivity contribution in [2.75, 3.05) is 0 Å². The van der Waals surface area contributed by atoms with E-state index in [9.17, 15) is 0 Å². The van der Waals surface area contributed by atoms with E-state index >= 15 is 0 Å². The summed E-state index contributed by atoms with van der Waals surface area (Å²) in [5, 5.41) is 11.5. The van der Waals surface area contributed by atoms with Crippen LogP contribution in [0, 0.1) is 0 Å². The summed E-state index contributed by atoms with van der Waals surface area (Å²) in [5.41, 5.74) is 1.08. The third-order valence-corrected chi connectivity index (χ3v) is 5.46. The summed E-state index contributed by atoms with van der Waals surface area (Å²) >= 11 is 0. The quantitative estimate of drug-likeness (QED) is 0.278. The van der Waals surface area contributed by atoms with Gasteiger partial charge in [0.05, 0.1) is 5.52 Å². The van der Waals surface area contributed by atoms with E-state index in [0.29, 0.717) is 0 Å². The van der Waals surface area contributed by atoms with E-state index in [1.165, 1.54) is 48.5 Å². The molecule has 0 saturated heterocycles. The Morgan fingerprint density at radius 1 is 0.423 bits per heavy atom. The largest absolute Gasteiger partial charge is 0.256 e. The number of hydrogen-bond donors (Lipinski definition) is 0. The Morgan fingerprint density at radius 3 is 1.65 bits per heavy atom. The lowest BCUT2D eigenvalue weighted by Crippen LogP contribution is -1.88. The third-order valence-electron chi connectivity index (χ3n) is 5.46. The van der Waals surface area contributed by atoms with Crippen LogP contribution < -0.4 is 0 Å². The first-order valence-corrected chi connectivity index (χ1v) is 8.91. The Balaban J connectivity index is 2.06. The highest BCUT2D eigenvalue weighted by atomic mass is 14.6. The summed E-state index contributed by atoms with van der Waals surface area (Å²) in [7, 11) is 0. The van der Waals surface area contributed by atoms with Crippen molar-refractivity contribution in [3.8, 4) is 0 Å². The Hall–Kier alpha value is -3.45. The minimum atomic E-state index is 1.08. The molecule has 1 heterocycles. The third kappa shape index (κ3) is 1.72. The molecule has 0 atom stereocenters. The zero-order valence-corrected chi connectivity index (χ0v) is 14.1. The standard InChI is InChI=1S/C25H15N/c1-3-8-18-16(6-1)11-13-20-23(18)21-10-5-15-26-25(21)22-14-12-17-7-2-4-9-19(17)24(20)22/h1-15H. The first-order valence-electron chi connectivity index (χ1n) is 8.91. The van der Waals surface area contributed by atoms with Crippen molar-refractivity contribution in [3.05, 3.63) is 91.1 Å². The van der Waals surface area contributed by atoms with Gasteiger partial charge in [0.1, 0.15) is 0 Å². The molecule has 1 heteroatoms. The summed E-state index contributed by atoms with van der Waals surface area (Å²) in [5.74, 6) is 0. The molecule has 0 amide bonds. The topological polar surface area (TPSA) is 12.9 Å². The first kappa shape index (κ1) is 13.8. The molecule has 0 bridgehead atoms. The van der Waals surface area contributed by atoms with E-state index in [1.807, 2.05) is 12.3 Å². The van der Waals surface area contributed by atoms with Crippen molar-refractivity contribution in [2.24, 2.45) is 0 Å². The van der Waals surface area contributed by atoms with E-state index in [1.54, 1.807) is 0 Å². The highest BCUT2D eigenvalue weighted by Crippen LogP contribution is 2.40. The van der Waals surface area contributed by atoms with Crippen LogP contribution in [0.2, 0.25) is 0 Å². The molecule has 0 spiro atoms. The van der Waals surface area contributed by atoms with Gasteiger partial charge in [-0.2, -0.15) is 0 Å². The maximum atomic E-state index is 4.77. The molecule has 0 saturated carbocycles. The summed E-state index contributed by atoms with van der Waals surface area (Å²) in [6.45, 7) is 0. The number of benzene rings is 5. The molecule has 1 aromatic heterocycles. The Kier molecular flexibility index (Phi) is 2.67. The van der Waals surface area contributed by atoms with E-state index in [-0.39, 0.29) is 0 Å². The average molecular weight is 329 g/mol. The van der Waals surface area contributed by atoms with Gasteiger partial charge in [0.2, 0.25) is 0 Å². The maximum absolute atomic E-state index is 4.77. The molecule has 5 aromatic carbocycles. The van der Waals surface area contributed by atoms with Crippen LogP contribution in [-0.4, -0.2) is 4.98 Å². The SMILES string of the molecule is c1ccc2c(c1)ccc1c2c2cccnc2c2ccc3ccccc3c21. The Morgan fingerprint density at radius 2 is 0.962 bits per heavy atom. The van der Waals surface area contributed by atoms with Gasteiger partial charge in [0, 0.05) is 17.0 Å². The molecule has 0 aliphatic rings. The van der Waals surface area contributed by atoms with Crippen LogP contribution in [0.4, 0.5) is 0 Å². The molecule has 0 aliphatic carbocycles. The van der Waals surface area contributed by atoms with Gasteiger partial charge in [0.15, 0.2) is 0 Å². The molecule has 26 heavy (non-hydrogen) atoms. The second kappa shape index (κ2) is 5.03. The van der Waals surface area contributed by atoms with Crippen molar-refractivity contribution < 1.29 is 0 Å². The van der Waals surface area contributed by atoms with Crippen LogP contribution >= 0.6 is 0 Å². The minimum absolute atomic E-state index is 1.08. The van der Waals surface area contributed by atoms with E-state index in [2.05, 4.69) is 78.9 Å². The molecule has 1 nitrogen and oxygen atoms in total. The minimum Gasteiger partial charge on any atom is -0.256 e. The lowest BCUT2D eigenvalue weighted by atomic mass is 9.90. The Bertz CT molecular complexity index is 1410. The molecular weight excluding hydrogens is 314 g/mol. The second-order valence-electron chi connectivity index (χ2n) is 6.82. The second-order valence-corrected chi connectivity index (χ2v) is 6.82. The fraction of sp³-hybridized carbons (Fsp3) is 0. The number of pyridine rings is 1. The van der Waals surface area contributed by atoms with Gasteiger partial charge in [-0.25, -0.2) is 0 Å². The molecule has 0 fully saturated rings. The van der Waals surface area contributed by atoms with E-state index in [0.717, 1.165) is 5.52 Å². The van der Waals surface area contributed by atoms with Gasteiger partial charge in [-0.3, -0.25) is 4.98 Å². The normalized spacial score (nSPS) is 11.8. The van der Waals surface area contributed by atoms with Crippen LogP contribution in [0.3, 0.4) is 0 Å². The van der Waals surface area contributed by atoms with E-state index in [4.69, 9.17) is 4.98 Å². The summed E-state index contributed by atoms with van der Waals surface area (Å²) in [4.78, 5) is 4.77. The lowest BCUT2D eigenvalue weighted by molar-refractivity contribution is 1.43. The maximum Gasteiger partial charge on any atom is 0.0787 e. The smallest absolute Gasteiger partial charge is 0.0787 e. The van der Waals surface area contributed by atoms with Crippen LogP contribution in [0.5, 0.6) is 0 Å². The molecule has 0 radical (unpaired) electrons. The monoisotopic (exact) mass is 329 g/mol. The Labute approximate surface area is 150 Å². The zero-order chi connectivity index (χ0) is 17.1. The van der Waals surface area contributed by atoms with Gasteiger partial charge in [-0.15, -0.1) is 0 Å². The van der Waals surface area contributed by atoms with Crippen molar-refractivity contribution in [1.82, 2.24) is 4.98 Å². The number of aromatic nitrogens is 1. The lowest BCUT2D eigenvalue weighted by Gasteiger charge is -2.14. The number of nitrogens with zero attached hydrogens (tertiary/aromatic N) is 1. The van der Waals surface area contributed by atoms with Gasteiger partial charge in [0.25, 0.3) is 0 Å². The summed E-state index contributed by atoms with van der Waals surface area (Å²) in [6, 6.07) is 30.4. The molecular formula is C25H15N. The number of hydrogen-bond acceptors (Lipinski definition) is 1. The fourth-order valence-electron chi connectivity index (χ4n) is 4.35. The van der Waals surface area contributed by atoms with Crippen LogP contribution in [0.15, 0.2) is 91.1 Å². The van der Waals surface area contributed by atoms with Gasteiger partial charge in [-0.05, 0) is 43.8 Å². The highest BCUT2D eigenvalue weighted by molar-refractivity contribution is 6.34. The van der Waals surface area contributed by atoms with Gasteiger partial charge < -0.3 is 0 Å². The van der Waals surface area contributed by atoms with Crippen molar-refractivity contribution in [3.63, 3.8) is 0 Å². The summed E-state index contributed by atoms with van der Waals surface area (Å²) < 4.78 is 0. The van der Waals surface area contributed by atoms with Crippen molar-refractivity contribution in [1.29, 1.82) is 0 Å². The molecule has 6 rings (SSSR count). The predicted molar refractivity (Wildman–Crippen MR) is 112 cm³/mol. The van der Waals surface area contributed by atoms with E-state index < -0.39 is 0 Å². The van der Waals surface area contributed by atoms with Crippen LogP contribution in [0.1, 0.15) is 0 Å². The van der Waals surface area contributed by atoms with Crippen molar-refractivity contribution >= 4 is 54.0 Å². The highest BCUT2D eigenvalue weighted by Gasteiger charge is 2.13. The van der Waals surface area contributed by atoms with Crippen LogP contribution in [-0.2, 0) is 0 Å². The number of fused-ring (bicyclic) bond motifs is 10. The molecule has 6 aromatic rings. The van der Waals surface area contributed by atoms with Crippen molar-refractivity contribution in [2.45, 2.75) is 0 Å². The predicted octanol–water partition coefficient (Wildman–Crippen LogP) is 6.85. The number of rotatable bonds is 0. The molecule has 0 N–H and O–H groups in total. The first-order chi connectivity index (χ1) is 12.9. The van der Waals surface area contributed by atoms with Gasteiger partial charge in [-0.1, -0.05) is 78.9 Å². The molecule has 0 unspecified atom stereocenters. The fourth-order valence-corrected chi connectivity index (χ4v) is 4.35. The van der Waals surface area contributed by atoms with Crippen LogP contribution in [0.25, 0.3) is 54.0 Å². The molecule has 0 aliphatic heterocycles. The average Bonchev–Trinajstić information content (AvgIpc) is 2.73. The summed E-state index contributed by atoms with van der Waals surface area (Å²) in [6.07, 6.45) is 1.90. The zero-order valence-electron chi connectivity index (χ0n) is 14.1.